The second-order valence-corrected chi connectivity index (χ2v) is 9.07. The van der Waals surface area contributed by atoms with E-state index in [2.05, 4.69) is 10.0 Å². The molecule has 0 bridgehead atoms. The Morgan fingerprint density at radius 1 is 1.03 bits per heavy atom. The number of amides is 1. The van der Waals surface area contributed by atoms with E-state index in [1.165, 1.54) is 32.1 Å². The van der Waals surface area contributed by atoms with Gasteiger partial charge in [-0.05, 0) is 36.6 Å². The summed E-state index contributed by atoms with van der Waals surface area (Å²) in [5, 5.41) is 3.05. The number of hydrogen-bond acceptors (Lipinski definition) is 4. The maximum absolute atomic E-state index is 12.9. The van der Waals surface area contributed by atoms with Gasteiger partial charge in [-0.25, -0.2) is 13.1 Å². The average molecular weight is 417 g/mol. The Morgan fingerprint density at radius 3 is 2.38 bits per heavy atom. The van der Waals surface area contributed by atoms with Crippen molar-refractivity contribution in [2.24, 2.45) is 0 Å². The summed E-state index contributed by atoms with van der Waals surface area (Å²) >= 11 is 0. The number of methoxy groups -OCH3 is 1. The van der Waals surface area contributed by atoms with Crippen molar-refractivity contribution in [3.63, 3.8) is 0 Å². The second-order valence-electron chi connectivity index (χ2n) is 7.34. The van der Waals surface area contributed by atoms with E-state index < -0.39 is 10.0 Å². The maximum atomic E-state index is 12.9. The van der Waals surface area contributed by atoms with Gasteiger partial charge in [-0.2, -0.15) is 0 Å². The lowest BCUT2D eigenvalue weighted by Crippen LogP contribution is -2.34. The molecule has 6 nitrogen and oxygen atoms in total. The Balaban J connectivity index is 1.77. The molecular formula is C22H28N2O4S. The van der Waals surface area contributed by atoms with Crippen molar-refractivity contribution in [3.05, 3.63) is 59.7 Å². The fraction of sp³-hybridized carbons (Fsp3) is 0.409. The van der Waals surface area contributed by atoms with Crippen LogP contribution < -0.4 is 14.8 Å². The number of sulfonamides is 1. The fourth-order valence-corrected chi connectivity index (χ4v) is 4.78. The van der Waals surface area contributed by atoms with Gasteiger partial charge in [-0.3, -0.25) is 4.79 Å². The molecule has 0 aromatic heterocycles. The first kappa shape index (κ1) is 21.3. The molecule has 2 aromatic carbocycles. The minimum absolute atomic E-state index is 0.0375. The summed E-state index contributed by atoms with van der Waals surface area (Å²) in [4.78, 5) is 12.7. The Hall–Kier alpha value is -2.38. The van der Waals surface area contributed by atoms with Crippen molar-refractivity contribution in [2.45, 2.75) is 56.0 Å². The molecule has 0 atom stereocenters. The van der Waals surface area contributed by atoms with Crippen LogP contribution >= 0.6 is 0 Å². The molecule has 3 rings (SSSR count). The number of benzene rings is 2. The van der Waals surface area contributed by atoms with Crippen LogP contribution in [0.25, 0.3) is 0 Å². The van der Waals surface area contributed by atoms with E-state index in [0.29, 0.717) is 5.56 Å². The summed E-state index contributed by atoms with van der Waals surface area (Å²) in [6.45, 7) is 0.158. The van der Waals surface area contributed by atoms with E-state index in [1.54, 1.807) is 6.07 Å². The van der Waals surface area contributed by atoms with Crippen LogP contribution in [-0.2, 0) is 16.6 Å². The van der Waals surface area contributed by atoms with Crippen LogP contribution in [0, 0.1) is 0 Å². The standard InChI is InChI=1S/C22H28N2O4S/c1-28-20-14-13-18(22(25)24-19-11-7-2-3-8-12-19)15-21(20)29(26,27)23-16-17-9-5-4-6-10-17/h4-6,9-10,13-15,19,23H,2-3,7-8,11-12,16H2,1H3,(H,24,25). The van der Waals surface area contributed by atoms with Gasteiger partial charge in [0.2, 0.25) is 10.0 Å². The van der Waals surface area contributed by atoms with E-state index in [0.717, 1.165) is 31.2 Å². The molecule has 2 aromatic rings. The van der Waals surface area contributed by atoms with Gasteiger partial charge in [0.25, 0.3) is 5.91 Å². The predicted molar refractivity (Wildman–Crippen MR) is 112 cm³/mol. The molecule has 2 N–H and O–H groups in total. The molecule has 0 saturated heterocycles. The van der Waals surface area contributed by atoms with Crippen molar-refractivity contribution >= 4 is 15.9 Å². The van der Waals surface area contributed by atoms with Crippen molar-refractivity contribution < 1.29 is 17.9 Å². The van der Waals surface area contributed by atoms with Crippen LogP contribution in [0.15, 0.2) is 53.4 Å². The number of hydrogen-bond donors (Lipinski definition) is 2. The van der Waals surface area contributed by atoms with Gasteiger partial charge in [0.05, 0.1) is 7.11 Å². The lowest BCUT2D eigenvalue weighted by Gasteiger charge is -2.17. The number of carbonyl (C=O) groups is 1. The summed E-state index contributed by atoms with van der Waals surface area (Å²) in [5.74, 6) is -0.0457. The molecule has 156 valence electrons. The van der Waals surface area contributed by atoms with E-state index in [9.17, 15) is 13.2 Å². The largest absolute Gasteiger partial charge is 0.495 e. The van der Waals surface area contributed by atoms with Crippen molar-refractivity contribution in [1.82, 2.24) is 10.0 Å². The Kier molecular flexibility index (Phi) is 7.28. The van der Waals surface area contributed by atoms with Crippen LogP contribution in [0.1, 0.15) is 54.4 Å². The van der Waals surface area contributed by atoms with Gasteiger partial charge in [-0.1, -0.05) is 56.0 Å². The van der Waals surface area contributed by atoms with Crippen LogP contribution in [0.4, 0.5) is 0 Å². The molecule has 0 spiro atoms. The highest BCUT2D eigenvalue weighted by molar-refractivity contribution is 7.89. The topological polar surface area (TPSA) is 84.5 Å². The Morgan fingerprint density at radius 2 is 1.72 bits per heavy atom. The molecule has 1 aliphatic rings. The maximum Gasteiger partial charge on any atom is 0.251 e. The lowest BCUT2D eigenvalue weighted by atomic mass is 10.1. The van der Waals surface area contributed by atoms with Gasteiger partial charge in [0.15, 0.2) is 0 Å². The normalized spacial score (nSPS) is 15.5. The Labute approximate surface area is 172 Å². The fourth-order valence-electron chi connectivity index (χ4n) is 3.57. The minimum Gasteiger partial charge on any atom is -0.495 e. The van der Waals surface area contributed by atoms with Gasteiger partial charge in [-0.15, -0.1) is 0 Å². The third-order valence-electron chi connectivity index (χ3n) is 5.21. The number of rotatable bonds is 7. The average Bonchev–Trinajstić information content (AvgIpc) is 3.01. The lowest BCUT2D eigenvalue weighted by molar-refractivity contribution is 0.0933. The van der Waals surface area contributed by atoms with Crippen molar-refractivity contribution in [1.29, 1.82) is 0 Å². The highest BCUT2D eigenvalue weighted by Crippen LogP contribution is 2.25. The molecule has 0 radical (unpaired) electrons. The monoisotopic (exact) mass is 416 g/mol. The summed E-state index contributed by atoms with van der Waals surface area (Å²) in [7, 11) is -2.44. The predicted octanol–water partition coefficient (Wildman–Crippen LogP) is 3.63. The molecule has 1 aliphatic carbocycles. The highest BCUT2D eigenvalue weighted by atomic mass is 32.2. The molecule has 0 unspecified atom stereocenters. The number of nitrogens with one attached hydrogen (secondary N) is 2. The second kappa shape index (κ2) is 9.89. The minimum atomic E-state index is -3.85. The van der Waals surface area contributed by atoms with E-state index in [1.807, 2.05) is 30.3 Å². The number of carbonyl (C=O) groups excluding carboxylic acids is 1. The van der Waals surface area contributed by atoms with Crippen LogP contribution in [0.3, 0.4) is 0 Å². The first-order valence-corrected chi connectivity index (χ1v) is 11.5. The Bertz CT molecular complexity index is 921. The summed E-state index contributed by atoms with van der Waals surface area (Å²) in [6.07, 6.45) is 6.54. The van der Waals surface area contributed by atoms with Gasteiger partial charge < -0.3 is 10.1 Å². The van der Waals surface area contributed by atoms with Crippen molar-refractivity contribution in [2.75, 3.05) is 7.11 Å². The van der Waals surface area contributed by atoms with E-state index in [4.69, 9.17) is 4.74 Å². The summed E-state index contributed by atoms with van der Waals surface area (Å²) < 4.78 is 33.6. The summed E-state index contributed by atoms with van der Waals surface area (Å²) in [6, 6.07) is 13.9. The molecule has 0 heterocycles. The zero-order chi connectivity index (χ0) is 20.7. The SMILES string of the molecule is COc1ccc(C(=O)NC2CCCCCC2)cc1S(=O)(=O)NCc1ccccc1. The van der Waals surface area contributed by atoms with E-state index >= 15 is 0 Å². The first-order valence-electron chi connectivity index (χ1n) is 10.0. The number of ether oxygens (including phenoxy) is 1. The third kappa shape index (κ3) is 5.81. The van der Waals surface area contributed by atoms with Crippen LogP contribution in [0.2, 0.25) is 0 Å². The third-order valence-corrected chi connectivity index (χ3v) is 6.64. The van der Waals surface area contributed by atoms with E-state index in [-0.39, 0.29) is 29.1 Å². The molecule has 1 amide bonds. The smallest absolute Gasteiger partial charge is 0.251 e. The molecular weight excluding hydrogens is 388 g/mol. The van der Waals surface area contributed by atoms with Gasteiger partial charge in [0.1, 0.15) is 10.6 Å². The molecule has 0 aliphatic heterocycles. The molecule has 7 heteroatoms. The van der Waals surface area contributed by atoms with Gasteiger partial charge in [0, 0.05) is 18.2 Å². The van der Waals surface area contributed by atoms with Crippen LogP contribution in [0.5, 0.6) is 5.75 Å². The van der Waals surface area contributed by atoms with Gasteiger partial charge >= 0.3 is 0 Å². The molecule has 29 heavy (non-hydrogen) atoms. The summed E-state index contributed by atoms with van der Waals surface area (Å²) in [5.41, 5.74) is 1.16. The first-order chi connectivity index (χ1) is 14.0. The quantitative estimate of drug-likeness (QED) is 0.675. The zero-order valence-electron chi connectivity index (χ0n) is 16.7. The van der Waals surface area contributed by atoms with Crippen molar-refractivity contribution in [3.8, 4) is 5.75 Å². The zero-order valence-corrected chi connectivity index (χ0v) is 17.5. The highest BCUT2D eigenvalue weighted by Gasteiger charge is 2.23. The molecule has 1 saturated carbocycles. The molecule has 1 fully saturated rings. The van der Waals surface area contributed by atoms with Crippen LogP contribution in [-0.4, -0.2) is 27.5 Å².